The lowest BCUT2D eigenvalue weighted by Gasteiger charge is -2.02. The van der Waals surface area contributed by atoms with E-state index in [9.17, 15) is 0 Å². The minimum atomic E-state index is 0.765. The number of benzene rings is 1. The average Bonchev–Trinajstić information content (AvgIpc) is 2.93. The molecule has 0 atom stereocenters. The van der Waals surface area contributed by atoms with Gasteiger partial charge in [-0.2, -0.15) is 9.78 Å². The van der Waals surface area contributed by atoms with Gasteiger partial charge in [0.25, 0.3) is 0 Å². The van der Waals surface area contributed by atoms with Crippen LogP contribution >= 0.6 is 11.8 Å². The summed E-state index contributed by atoms with van der Waals surface area (Å²) in [6.07, 6.45) is 5.27. The van der Waals surface area contributed by atoms with Gasteiger partial charge in [0.05, 0.1) is 6.21 Å². The number of pyridine rings is 1. The molecule has 0 aliphatic carbocycles. The first-order chi connectivity index (χ1) is 10.8. The molecule has 22 heavy (non-hydrogen) atoms. The highest BCUT2D eigenvalue weighted by Crippen LogP contribution is 2.21. The molecular formula is C16H15N5S. The predicted octanol–water partition coefficient (Wildman–Crippen LogP) is 3.16. The number of rotatable bonds is 5. The van der Waals surface area contributed by atoms with Crippen molar-refractivity contribution in [3.8, 4) is 0 Å². The second kappa shape index (κ2) is 7.00. The van der Waals surface area contributed by atoms with E-state index in [4.69, 9.17) is 0 Å². The molecular weight excluding hydrogens is 294 g/mol. The molecule has 2 aromatic heterocycles. The van der Waals surface area contributed by atoms with E-state index in [-0.39, 0.29) is 0 Å². The van der Waals surface area contributed by atoms with Gasteiger partial charge in [-0.3, -0.25) is 4.98 Å². The Morgan fingerprint density at radius 1 is 1.09 bits per heavy atom. The average molecular weight is 309 g/mol. The molecule has 3 aromatic rings. The summed E-state index contributed by atoms with van der Waals surface area (Å²) < 4.78 is 1.76. The summed E-state index contributed by atoms with van der Waals surface area (Å²) >= 11 is 1.62. The number of aromatic nitrogens is 4. The molecule has 0 N–H and O–H groups in total. The van der Waals surface area contributed by atoms with Crippen LogP contribution in [0.1, 0.15) is 17.0 Å². The van der Waals surface area contributed by atoms with Crippen LogP contribution < -0.4 is 0 Å². The highest BCUT2D eigenvalue weighted by Gasteiger charge is 2.08. The maximum atomic E-state index is 4.47. The molecule has 0 amide bonds. The Morgan fingerprint density at radius 2 is 1.86 bits per heavy atom. The smallest absolute Gasteiger partial charge is 0.212 e. The second-order valence-electron chi connectivity index (χ2n) is 4.64. The molecule has 5 nitrogen and oxygen atoms in total. The Kier molecular flexibility index (Phi) is 4.60. The summed E-state index contributed by atoms with van der Waals surface area (Å²) in [4.78, 5) is 3.99. The molecule has 0 fully saturated rings. The fourth-order valence-electron chi connectivity index (χ4n) is 1.86. The number of hydrogen-bond donors (Lipinski definition) is 0. The molecule has 0 saturated heterocycles. The summed E-state index contributed by atoms with van der Waals surface area (Å²) in [5, 5.41) is 13.6. The molecule has 0 bridgehead atoms. The van der Waals surface area contributed by atoms with Gasteiger partial charge >= 0.3 is 0 Å². The van der Waals surface area contributed by atoms with Crippen molar-refractivity contribution in [2.45, 2.75) is 17.8 Å². The van der Waals surface area contributed by atoms with Crippen LogP contribution in [0.4, 0.5) is 0 Å². The molecule has 0 spiro atoms. The van der Waals surface area contributed by atoms with Gasteiger partial charge in [0.2, 0.25) is 5.16 Å². The first kappa shape index (κ1) is 14.5. The van der Waals surface area contributed by atoms with Gasteiger partial charge in [0, 0.05) is 18.1 Å². The normalized spacial score (nSPS) is 11.1. The van der Waals surface area contributed by atoms with Gasteiger partial charge in [0.15, 0.2) is 5.82 Å². The summed E-state index contributed by atoms with van der Waals surface area (Å²) in [7, 11) is 0. The maximum absolute atomic E-state index is 4.47. The minimum Gasteiger partial charge on any atom is -0.265 e. The van der Waals surface area contributed by atoms with Crippen LogP contribution in [0, 0.1) is 6.92 Å². The van der Waals surface area contributed by atoms with Crippen molar-refractivity contribution in [2.24, 2.45) is 5.10 Å². The third-order valence-corrected chi connectivity index (χ3v) is 4.00. The Bertz CT molecular complexity index is 753. The molecule has 0 aliphatic heterocycles. The van der Waals surface area contributed by atoms with Crippen molar-refractivity contribution in [2.75, 3.05) is 0 Å². The monoisotopic (exact) mass is 309 g/mol. The number of hydrogen-bond acceptors (Lipinski definition) is 5. The minimum absolute atomic E-state index is 0.765. The SMILES string of the molecule is Cc1nnc(SCc2ccccc2)n1/N=C/c1ccncc1. The topological polar surface area (TPSA) is 56.0 Å². The van der Waals surface area contributed by atoms with Crippen molar-refractivity contribution >= 4 is 18.0 Å². The molecule has 110 valence electrons. The zero-order valence-electron chi connectivity index (χ0n) is 12.1. The van der Waals surface area contributed by atoms with Crippen molar-refractivity contribution in [3.63, 3.8) is 0 Å². The van der Waals surface area contributed by atoms with E-state index < -0.39 is 0 Å². The van der Waals surface area contributed by atoms with Crippen LogP contribution in [0.15, 0.2) is 65.1 Å². The maximum Gasteiger partial charge on any atom is 0.212 e. The lowest BCUT2D eigenvalue weighted by Crippen LogP contribution is -1.96. The third kappa shape index (κ3) is 3.59. The van der Waals surface area contributed by atoms with Crippen LogP contribution in [0.25, 0.3) is 0 Å². The molecule has 0 saturated carbocycles. The summed E-state index contributed by atoms with van der Waals surface area (Å²) in [6.45, 7) is 1.89. The molecule has 0 unspecified atom stereocenters. The van der Waals surface area contributed by atoms with Gasteiger partial charge in [-0.15, -0.1) is 10.2 Å². The Morgan fingerprint density at radius 3 is 2.64 bits per heavy atom. The fraction of sp³-hybridized carbons (Fsp3) is 0.125. The number of aryl methyl sites for hydroxylation is 1. The van der Waals surface area contributed by atoms with E-state index in [0.29, 0.717) is 0 Å². The standard InChI is InChI=1S/C16H15N5S/c1-13-19-20-16(22-12-15-5-3-2-4-6-15)21(13)18-11-14-7-9-17-10-8-14/h2-11H,12H2,1H3/b18-11+. The van der Waals surface area contributed by atoms with E-state index in [2.05, 4.69) is 32.4 Å². The fourth-order valence-corrected chi connectivity index (χ4v) is 2.75. The molecule has 6 heteroatoms. The van der Waals surface area contributed by atoms with Gasteiger partial charge in [-0.1, -0.05) is 42.1 Å². The van der Waals surface area contributed by atoms with E-state index in [1.54, 1.807) is 35.0 Å². The highest BCUT2D eigenvalue weighted by molar-refractivity contribution is 7.98. The van der Waals surface area contributed by atoms with Gasteiger partial charge in [0.1, 0.15) is 0 Å². The lowest BCUT2D eigenvalue weighted by atomic mass is 10.2. The van der Waals surface area contributed by atoms with Crippen LogP contribution in [-0.4, -0.2) is 26.1 Å². The lowest BCUT2D eigenvalue weighted by molar-refractivity contribution is 0.744. The van der Waals surface area contributed by atoms with Crippen LogP contribution in [0.3, 0.4) is 0 Å². The second-order valence-corrected chi connectivity index (χ2v) is 5.58. The largest absolute Gasteiger partial charge is 0.265 e. The summed E-state index contributed by atoms with van der Waals surface area (Å²) in [6, 6.07) is 14.1. The van der Waals surface area contributed by atoms with Crippen molar-refractivity contribution in [3.05, 3.63) is 71.8 Å². The van der Waals surface area contributed by atoms with E-state index in [1.807, 2.05) is 37.3 Å². The van der Waals surface area contributed by atoms with E-state index in [0.717, 1.165) is 22.3 Å². The molecule has 2 heterocycles. The Hall–Kier alpha value is -2.47. The van der Waals surface area contributed by atoms with Crippen LogP contribution in [-0.2, 0) is 5.75 Å². The van der Waals surface area contributed by atoms with Gasteiger partial charge < -0.3 is 0 Å². The van der Waals surface area contributed by atoms with Crippen molar-refractivity contribution in [1.29, 1.82) is 0 Å². The van der Waals surface area contributed by atoms with Crippen LogP contribution in [0.5, 0.6) is 0 Å². The molecule has 0 aliphatic rings. The number of nitrogens with zero attached hydrogens (tertiary/aromatic N) is 5. The number of thioether (sulfide) groups is 1. The summed E-state index contributed by atoms with van der Waals surface area (Å²) in [5.74, 6) is 1.60. The van der Waals surface area contributed by atoms with E-state index >= 15 is 0 Å². The first-order valence-electron chi connectivity index (χ1n) is 6.86. The Labute approximate surface area is 133 Å². The van der Waals surface area contributed by atoms with Crippen LogP contribution in [0.2, 0.25) is 0 Å². The zero-order valence-corrected chi connectivity index (χ0v) is 12.9. The van der Waals surface area contributed by atoms with Gasteiger partial charge in [-0.05, 0) is 30.2 Å². The zero-order chi connectivity index (χ0) is 15.2. The van der Waals surface area contributed by atoms with Crippen molar-refractivity contribution < 1.29 is 0 Å². The summed E-state index contributed by atoms with van der Waals surface area (Å²) in [5.41, 5.74) is 2.24. The van der Waals surface area contributed by atoms with Gasteiger partial charge in [-0.25, -0.2) is 0 Å². The molecule has 0 radical (unpaired) electrons. The molecule has 1 aromatic carbocycles. The predicted molar refractivity (Wildman–Crippen MR) is 88.0 cm³/mol. The third-order valence-electron chi connectivity index (χ3n) is 3.01. The Balaban J connectivity index is 1.75. The first-order valence-corrected chi connectivity index (χ1v) is 7.84. The van der Waals surface area contributed by atoms with E-state index in [1.165, 1.54) is 5.56 Å². The van der Waals surface area contributed by atoms with Crippen molar-refractivity contribution in [1.82, 2.24) is 19.9 Å². The highest BCUT2D eigenvalue weighted by atomic mass is 32.2. The quantitative estimate of drug-likeness (QED) is 0.536. The molecule has 3 rings (SSSR count).